The van der Waals surface area contributed by atoms with Crippen molar-refractivity contribution in [3.63, 3.8) is 0 Å². The maximum Gasteiger partial charge on any atom is 0.398 e. The van der Waals surface area contributed by atoms with Gasteiger partial charge in [-0.2, -0.15) is 0 Å². The van der Waals surface area contributed by atoms with E-state index in [9.17, 15) is 14.4 Å². The highest BCUT2D eigenvalue weighted by Crippen LogP contribution is 2.17. The van der Waals surface area contributed by atoms with Crippen molar-refractivity contribution in [2.45, 2.75) is 34.1 Å². The Morgan fingerprint density at radius 2 is 1.52 bits per heavy atom. The molecule has 1 aromatic rings. The van der Waals surface area contributed by atoms with Crippen LogP contribution in [0, 0.1) is 20.8 Å². The molecule has 0 aliphatic rings. The van der Waals surface area contributed by atoms with Gasteiger partial charge in [0.15, 0.2) is 0 Å². The molecule has 0 atom stereocenters. The third kappa shape index (κ3) is 4.55. The number of amides is 2. The first-order chi connectivity index (χ1) is 10.7. The van der Waals surface area contributed by atoms with Gasteiger partial charge in [-0.05, 0) is 44.4 Å². The van der Waals surface area contributed by atoms with Crippen LogP contribution in [-0.2, 0) is 25.5 Å². The van der Waals surface area contributed by atoms with Crippen molar-refractivity contribution in [3.8, 4) is 0 Å². The van der Waals surface area contributed by atoms with Gasteiger partial charge in [0.05, 0.1) is 13.0 Å². The van der Waals surface area contributed by atoms with Gasteiger partial charge in [-0.3, -0.25) is 14.6 Å². The number of esters is 1. The Hall–Kier alpha value is -2.37. The van der Waals surface area contributed by atoms with Gasteiger partial charge in [-0.15, -0.1) is 0 Å². The fourth-order valence-electron chi connectivity index (χ4n) is 2.38. The van der Waals surface area contributed by atoms with Crippen molar-refractivity contribution >= 4 is 17.8 Å². The summed E-state index contributed by atoms with van der Waals surface area (Å²) in [4.78, 5) is 35.7. The Labute approximate surface area is 137 Å². The highest BCUT2D eigenvalue weighted by molar-refractivity contribution is 6.32. The second kappa shape index (κ2) is 7.76. The van der Waals surface area contributed by atoms with E-state index in [2.05, 4.69) is 4.74 Å². The molecule has 0 saturated carbocycles. The van der Waals surface area contributed by atoms with Gasteiger partial charge in [0.1, 0.15) is 0 Å². The van der Waals surface area contributed by atoms with Crippen LogP contribution in [0.1, 0.15) is 29.2 Å². The van der Waals surface area contributed by atoms with Crippen LogP contribution < -0.4 is 0 Å². The quantitative estimate of drug-likeness (QED) is 0.481. The SMILES string of the molecule is CCOC(=O)C(=O)N(C)N(C)C(=O)Cc1c(C)cc(C)cc1C. The van der Waals surface area contributed by atoms with Crippen molar-refractivity contribution in [1.29, 1.82) is 0 Å². The van der Waals surface area contributed by atoms with E-state index in [0.29, 0.717) is 0 Å². The average Bonchev–Trinajstić information content (AvgIpc) is 2.48. The van der Waals surface area contributed by atoms with Gasteiger partial charge < -0.3 is 4.74 Å². The van der Waals surface area contributed by atoms with Gasteiger partial charge in [-0.25, -0.2) is 9.80 Å². The van der Waals surface area contributed by atoms with E-state index in [1.165, 1.54) is 14.1 Å². The van der Waals surface area contributed by atoms with Crippen molar-refractivity contribution in [1.82, 2.24) is 10.0 Å². The molecule has 6 heteroatoms. The third-order valence-electron chi connectivity index (χ3n) is 3.72. The Bertz CT molecular complexity index is 602. The zero-order valence-corrected chi connectivity index (χ0v) is 14.6. The maximum atomic E-state index is 12.4. The number of carbonyl (C=O) groups is 3. The minimum Gasteiger partial charge on any atom is -0.459 e. The van der Waals surface area contributed by atoms with Crippen LogP contribution in [0.5, 0.6) is 0 Å². The molecule has 0 heterocycles. The molecule has 23 heavy (non-hydrogen) atoms. The number of hydrogen-bond acceptors (Lipinski definition) is 4. The molecule has 0 saturated heterocycles. The van der Waals surface area contributed by atoms with E-state index in [1.54, 1.807) is 6.92 Å². The van der Waals surface area contributed by atoms with Gasteiger partial charge >= 0.3 is 11.9 Å². The summed E-state index contributed by atoms with van der Waals surface area (Å²) in [7, 11) is 2.82. The molecule has 0 aliphatic heterocycles. The second-order valence-corrected chi connectivity index (χ2v) is 5.52. The molecule has 1 aromatic carbocycles. The minimum atomic E-state index is -0.975. The molecule has 1 rings (SSSR count). The molecule has 0 spiro atoms. The molecule has 0 bridgehead atoms. The van der Waals surface area contributed by atoms with Crippen LogP contribution in [-0.4, -0.2) is 48.5 Å². The Morgan fingerprint density at radius 1 is 1.00 bits per heavy atom. The topological polar surface area (TPSA) is 66.9 Å². The molecule has 0 unspecified atom stereocenters. The fourth-order valence-corrected chi connectivity index (χ4v) is 2.38. The Kier molecular flexibility index (Phi) is 6.30. The molecule has 6 nitrogen and oxygen atoms in total. The molecular formula is C17H24N2O4. The summed E-state index contributed by atoms with van der Waals surface area (Å²) < 4.78 is 4.66. The summed E-state index contributed by atoms with van der Waals surface area (Å²) in [5, 5.41) is 2.11. The maximum absolute atomic E-state index is 12.4. The van der Waals surface area contributed by atoms with E-state index in [-0.39, 0.29) is 18.9 Å². The van der Waals surface area contributed by atoms with E-state index >= 15 is 0 Å². The summed E-state index contributed by atoms with van der Waals surface area (Å²) in [6.07, 6.45) is 0.162. The van der Waals surface area contributed by atoms with Crippen LogP contribution >= 0.6 is 0 Å². The first kappa shape index (κ1) is 18.7. The zero-order chi connectivity index (χ0) is 17.7. The van der Waals surface area contributed by atoms with E-state index in [0.717, 1.165) is 32.3 Å². The first-order valence-corrected chi connectivity index (χ1v) is 7.47. The lowest BCUT2D eigenvalue weighted by atomic mass is 9.97. The lowest BCUT2D eigenvalue weighted by molar-refractivity contribution is -0.170. The summed E-state index contributed by atoms with van der Waals surface area (Å²) in [5.74, 6) is -2.13. The Balaban J connectivity index is 2.86. The van der Waals surface area contributed by atoms with Crippen LogP contribution in [0.25, 0.3) is 0 Å². The van der Waals surface area contributed by atoms with E-state index < -0.39 is 11.9 Å². The van der Waals surface area contributed by atoms with Crippen molar-refractivity contribution in [2.75, 3.05) is 20.7 Å². The molecule has 0 radical (unpaired) electrons. The lowest BCUT2D eigenvalue weighted by Crippen LogP contribution is -2.48. The Morgan fingerprint density at radius 3 is 2.00 bits per heavy atom. The van der Waals surface area contributed by atoms with Gasteiger partial charge in [0.2, 0.25) is 5.91 Å². The van der Waals surface area contributed by atoms with Crippen LogP contribution in [0.4, 0.5) is 0 Å². The number of aryl methyl sites for hydroxylation is 3. The predicted octanol–water partition coefficient (Wildman–Crippen LogP) is 1.55. The molecule has 0 N–H and O–H groups in total. The van der Waals surface area contributed by atoms with Gasteiger partial charge in [0.25, 0.3) is 0 Å². The first-order valence-electron chi connectivity index (χ1n) is 7.47. The zero-order valence-electron chi connectivity index (χ0n) is 14.6. The van der Waals surface area contributed by atoms with Crippen LogP contribution in [0.3, 0.4) is 0 Å². The number of likely N-dealkylation sites (N-methyl/N-ethyl adjacent to an activating group) is 2. The average molecular weight is 320 g/mol. The van der Waals surface area contributed by atoms with Crippen molar-refractivity contribution in [3.05, 3.63) is 34.4 Å². The van der Waals surface area contributed by atoms with Crippen molar-refractivity contribution < 1.29 is 19.1 Å². The molecule has 0 aromatic heterocycles. The monoisotopic (exact) mass is 320 g/mol. The smallest absolute Gasteiger partial charge is 0.398 e. The third-order valence-corrected chi connectivity index (χ3v) is 3.72. The van der Waals surface area contributed by atoms with Gasteiger partial charge in [0, 0.05) is 14.1 Å². The van der Waals surface area contributed by atoms with Crippen LogP contribution in [0.2, 0.25) is 0 Å². The highest BCUT2D eigenvalue weighted by Gasteiger charge is 2.26. The standard InChI is InChI=1S/C17H24N2O4/c1-7-23-17(22)16(21)19(6)18(5)15(20)10-14-12(3)8-11(2)9-13(14)4/h8-9H,7,10H2,1-6H3. The van der Waals surface area contributed by atoms with E-state index in [1.807, 2.05) is 32.9 Å². The second-order valence-electron chi connectivity index (χ2n) is 5.52. The molecule has 0 aliphatic carbocycles. The summed E-state index contributed by atoms with van der Waals surface area (Å²) in [6.45, 7) is 7.64. The number of hydrazine groups is 1. The number of hydrogen-bond donors (Lipinski definition) is 0. The molecule has 2 amide bonds. The largest absolute Gasteiger partial charge is 0.459 e. The number of carbonyl (C=O) groups excluding carboxylic acids is 3. The minimum absolute atomic E-state index is 0.109. The van der Waals surface area contributed by atoms with E-state index in [4.69, 9.17) is 0 Å². The number of benzene rings is 1. The molecular weight excluding hydrogens is 296 g/mol. The highest BCUT2D eigenvalue weighted by atomic mass is 16.5. The normalized spacial score (nSPS) is 10.2. The van der Waals surface area contributed by atoms with Crippen LogP contribution in [0.15, 0.2) is 12.1 Å². The van der Waals surface area contributed by atoms with Crippen molar-refractivity contribution in [2.24, 2.45) is 0 Å². The summed E-state index contributed by atoms with van der Waals surface area (Å²) >= 11 is 0. The lowest BCUT2D eigenvalue weighted by Gasteiger charge is -2.27. The summed E-state index contributed by atoms with van der Waals surface area (Å²) in [6, 6.07) is 4.03. The number of ether oxygens (including phenoxy) is 1. The molecule has 0 fully saturated rings. The predicted molar refractivity (Wildman–Crippen MR) is 86.5 cm³/mol. The molecule has 126 valence electrons. The van der Waals surface area contributed by atoms with Gasteiger partial charge in [-0.1, -0.05) is 17.7 Å². The summed E-state index contributed by atoms with van der Waals surface area (Å²) in [5.41, 5.74) is 4.14. The number of nitrogens with zero attached hydrogens (tertiary/aromatic N) is 2. The fraction of sp³-hybridized carbons (Fsp3) is 0.471. The number of rotatable bonds is 3.